The predicted octanol–water partition coefficient (Wildman–Crippen LogP) is 0.730. The van der Waals surface area contributed by atoms with E-state index in [9.17, 15) is 0 Å². The number of nitrogens with one attached hydrogen (secondary N) is 1. The third kappa shape index (κ3) is 2.58. The number of likely N-dealkylation sites (N-methyl/N-ethyl adjacent to an activating group) is 1. The van der Waals surface area contributed by atoms with Crippen molar-refractivity contribution >= 4 is 0 Å². The second-order valence-corrected chi connectivity index (χ2v) is 4.17. The first-order valence-electron chi connectivity index (χ1n) is 5.56. The number of aryl methyl sites for hydroxylation is 1. The normalized spacial score (nSPS) is 23.2. The molecule has 1 N–H and O–H groups in total. The molecule has 1 aromatic rings. The lowest BCUT2D eigenvalue weighted by Gasteiger charge is -2.21. The van der Waals surface area contributed by atoms with Crippen molar-refractivity contribution in [3.8, 4) is 0 Å². The van der Waals surface area contributed by atoms with E-state index in [0.29, 0.717) is 12.1 Å². The fourth-order valence-corrected chi connectivity index (χ4v) is 2.17. The van der Waals surface area contributed by atoms with Crippen LogP contribution in [0, 0.1) is 0 Å². The van der Waals surface area contributed by atoms with E-state index in [0.717, 1.165) is 13.0 Å². The average molecular weight is 209 g/mol. The van der Waals surface area contributed by atoms with Gasteiger partial charge in [-0.05, 0) is 31.9 Å². The topological polar surface area (TPSA) is 39.1 Å². The van der Waals surface area contributed by atoms with E-state index in [1.807, 2.05) is 25.0 Å². The molecule has 1 fully saturated rings. The Bertz CT molecular complexity index is 305. The van der Waals surface area contributed by atoms with Crippen LogP contribution in [0.15, 0.2) is 12.4 Å². The lowest BCUT2D eigenvalue weighted by molar-refractivity contribution is 0.0808. The molecule has 4 nitrogen and oxygen atoms in total. The van der Waals surface area contributed by atoms with Crippen LogP contribution in [0.2, 0.25) is 0 Å². The highest BCUT2D eigenvalue weighted by atomic mass is 16.5. The minimum Gasteiger partial charge on any atom is -0.377 e. The van der Waals surface area contributed by atoms with Gasteiger partial charge in [-0.1, -0.05) is 0 Å². The van der Waals surface area contributed by atoms with Crippen LogP contribution in [0.5, 0.6) is 0 Å². The van der Waals surface area contributed by atoms with E-state index in [4.69, 9.17) is 4.74 Å². The van der Waals surface area contributed by atoms with Crippen molar-refractivity contribution in [3.63, 3.8) is 0 Å². The fraction of sp³-hybridized carbons (Fsp3) is 0.727. The summed E-state index contributed by atoms with van der Waals surface area (Å²) >= 11 is 0. The highest BCUT2D eigenvalue weighted by Gasteiger charge is 2.24. The molecule has 1 aliphatic heterocycles. The van der Waals surface area contributed by atoms with E-state index in [2.05, 4.69) is 16.6 Å². The van der Waals surface area contributed by atoms with Crippen molar-refractivity contribution in [3.05, 3.63) is 18.0 Å². The van der Waals surface area contributed by atoms with Gasteiger partial charge in [-0.25, -0.2) is 0 Å². The molecule has 15 heavy (non-hydrogen) atoms. The summed E-state index contributed by atoms with van der Waals surface area (Å²) < 4.78 is 7.54. The third-order valence-electron chi connectivity index (χ3n) is 3.00. The molecular formula is C11H19N3O. The van der Waals surface area contributed by atoms with E-state index in [1.54, 1.807) is 0 Å². The Balaban J connectivity index is 1.95. The Morgan fingerprint density at radius 3 is 3.13 bits per heavy atom. The standard InChI is InChI=1S/C11H19N3O/c1-12-10(11-4-3-5-15-11)6-9-7-13-14(2)8-9/h7-8,10-12H,3-6H2,1-2H3. The highest BCUT2D eigenvalue weighted by Crippen LogP contribution is 2.18. The van der Waals surface area contributed by atoms with Gasteiger partial charge in [-0.2, -0.15) is 5.10 Å². The van der Waals surface area contributed by atoms with Gasteiger partial charge in [0.2, 0.25) is 0 Å². The molecule has 0 radical (unpaired) electrons. The molecule has 84 valence electrons. The van der Waals surface area contributed by atoms with Crippen molar-refractivity contribution in [1.29, 1.82) is 0 Å². The van der Waals surface area contributed by atoms with E-state index in [-0.39, 0.29) is 0 Å². The van der Waals surface area contributed by atoms with Crippen LogP contribution in [0.3, 0.4) is 0 Å². The van der Waals surface area contributed by atoms with Gasteiger partial charge in [-0.3, -0.25) is 4.68 Å². The Morgan fingerprint density at radius 2 is 2.60 bits per heavy atom. The maximum absolute atomic E-state index is 5.70. The summed E-state index contributed by atoms with van der Waals surface area (Å²) in [5.41, 5.74) is 1.27. The van der Waals surface area contributed by atoms with Gasteiger partial charge in [0.15, 0.2) is 0 Å². The van der Waals surface area contributed by atoms with E-state index >= 15 is 0 Å². The number of hydrogen-bond acceptors (Lipinski definition) is 3. The highest BCUT2D eigenvalue weighted by molar-refractivity contribution is 5.07. The number of nitrogens with zero attached hydrogens (tertiary/aromatic N) is 2. The molecule has 2 atom stereocenters. The fourth-order valence-electron chi connectivity index (χ4n) is 2.17. The molecular weight excluding hydrogens is 190 g/mol. The second kappa shape index (κ2) is 4.77. The third-order valence-corrected chi connectivity index (χ3v) is 3.00. The Labute approximate surface area is 90.6 Å². The van der Waals surface area contributed by atoms with Gasteiger partial charge in [-0.15, -0.1) is 0 Å². The summed E-state index contributed by atoms with van der Waals surface area (Å²) in [7, 11) is 3.95. The van der Waals surface area contributed by atoms with Gasteiger partial charge in [0.1, 0.15) is 0 Å². The van der Waals surface area contributed by atoms with Crippen molar-refractivity contribution in [1.82, 2.24) is 15.1 Å². The van der Waals surface area contributed by atoms with Gasteiger partial charge in [0.05, 0.1) is 12.3 Å². The monoisotopic (exact) mass is 209 g/mol. The minimum absolute atomic E-state index is 0.371. The first-order valence-corrected chi connectivity index (χ1v) is 5.56. The predicted molar refractivity (Wildman–Crippen MR) is 58.7 cm³/mol. The van der Waals surface area contributed by atoms with Crippen LogP contribution in [0.4, 0.5) is 0 Å². The second-order valence-electron chi connectivity index (χ2n) is 4.17. The average Bonchev–Trinajstić information content (AvgIpc) is 2.85. The molecule has 0 aliphatic carbocycles. The van der Waals surface area contributed by atoms with E-state index in [1.165, 1.54) is 18.4 Å². The zero-order valence-corrected chi connectivity index (χ0v) is 9.44. The lowest BCUT2D eigenvalue weighted by atomic mass is 10.0. The lowest BCUT2D eigenvalue weighted by Crippen LogP contribution is -2.38. The van der Waals surface area contributed by atoms with Crippen LogP contribution >= 0.6 is 0 Å². The summed E-state index contributed by atoms with van der Waals surface area (Å²) in [4.78, 5) is 0. The molecule has 2 heterocycles. The molecule has 0 bridgehead atoms. The van der Waals surface area contributed by atoms with E-state index < -0.39 is 0 Å². The van der Waals surface area contributed by atoms with Gasteiger partial charge < -0.3 is 10.1 Å². The van der Waals surface area contributed by atoms with Crippen LogP contribution in [0.25, 0.3) is 0 Å². The summed E-state index contributed by atoms with van der Waals surface area (Å²) in [6, 6.07) is 0.414. The first-order chi connectivity index (χ1) is 7.29. The van der Waals surface area contributed by atoms with Crippen LogP contribution in [-0.2, 0) is 18.2 Å². The van der Waals surface area contributed by atoms with Crippen molar-refractivity contribution in [2.24, 2.45) is 7.05 Å². The van der Waals surface area contributed by atoms with Gasteiger partial charge in [0.25, 0.3) is 0 Å². The zero-order valence-electron chi connectivity index (χ0n) is 9.44. The molecule has 1 saturated heterocycles. The maximum Gasteiger partial charge on any atom is 0.0732 e. The number of rotatable bonds is 4. The van der Waals surface area contributed by atoms with Gasteiger partial charge >= 0.3 is 0 Å². The molecule has 0 aromatic carbocycles. The van der Waals surface area contributed by atoms with Crippen molar-refractivity contribution < 1.29 is 4.74 Å². The molecule has 1 aliphatic rings. The maximum atomic E-state index is 5.70. The number of aromatic nitrogens is 2. The molecule has 0 spiro atoms. The Kier molecular flexibility index (Phi) is 3.38. The number of ether oxygens (including phenoxy) is 1. The molecule has 4 heteroatoms. The minimum atomic E-state index is 0.371. The molecule has 2 unspecified atom stereocenters. The van der Waals surface area contributed by atoms with Crippen molar-refractivity contribution in [2.45, 2.75) is 31.4 Å². The Morgan fingerprint density at radius 1 is 1.73 bits per heavy atom. The van der Waals surface area contributed by atoms with Gasteiger partial charge in [0, 0.05) is 25.9 Å². The summed E-state index contributed by atoms with van der Waals surface area (Å²) in [6.45, 7) is 0.913. The molecule has 1 aromatic heterocycles. The summed E-state index contributed by atoms with van der Waals surface area (Å²) in [5.74, 6) is 0. The molecule has 0 amide bonds. The smallest absolute Gasteiger partial charge is 0.0732 e. The van der Waals surface area contributed by atoms with Crippen LogP contribution in [0.1, 0.15) is 18.4 Å². The number of hydrogen-bond donors (Lipinski definition) is 1. The Hall–Kier alpha value is -0.870. The SMILES string of the molecule is CNC(Cc1cnn(C)c1)C1CCCO1. The largest absolute Gasteiger partial charge is 0.377 e. The molecule has 0 saturated carbocycles. The van der Waals surface area contributed by atoms with Crippen molar-refractivity contribution in [2.75, 3.05) is 13.7 Å². The van der Waals surface area contributed by atoms with Crippen LogP contribution < -0.4 is 5.32 Å². The van der Waals surface area contributed by atoms with Crippen LogP contribution in [-0.4, -0.2) is 35.6 Å². The zero-order chi connectivity index (χ0) is 10.7. The molecule has 2 rings (SSSR count). The summed E-state index contributed by atoms with van der Waals surface area (Å²) in [6.07, 6.45) is 7.73. The quantitative estimate of drug-likeness (QED) is 0.794. The first kappa shape index (κ1) is 10.6. The summed E-state index contributed by atoms with van der Waals surface area (Å²) in [5, 5.41) is 7.52.